The van der Waals surface area contributed by atoms with Gasteiger partial charge in [0.25, 0.3) is 5.56 Å². The fourth-order valence-electron chi connectivity index (χ4n) is 3.82. The van der Waals surface area contributed by atoms with Gasteiger partial charge < -0.3 is 4.90 Å². The van der Waals surface area contributed by atoms with Crippen LogP contribution in [0.4, 0.5) is 4.39 Å². The fourth-order valence-corrected chi connectivity index (χ4v) is 3.82. The molecular formula is C23H25FN4O2. The van der Waals surface area contributed by atoms with Crippen molar-refractivity contribution in [2.24, 2.45) is 0 Å². The number of carbonyl (C=O) groups is 1. The lowest BCUT2D eigenvalue weighted by Crippen LogP contribution is -2.39. The Hall–Kier alpha value is -3.06. The minimum Gasteiger partial charge on any atom is -0.340 e. The number of aryl methyl sites for hydroxylation is 1. The quantitative estimate of drug-likeness (QED) is 0.666. The Morgan fingerprint density at radius 2 is 1.87 bits per heavy atom. The molecule has 0 spiro atoms. The van der Waals surface area contributed by atoms with Crippen LogP contribution >= 0.6 is 0 Å². The first-order chi connectivity index (χ1) is 14.5. The van der Waals surface area contributed by atoms with E-state index in [1.54, 1.807) is 4.90 Å². The third-order valence-electron chi connectivity index (χ3n) is 5.56. The number of hydrogen-bond acceptors (Lipinski definition) is 4. The minimum absolute atomic E-state index is 0.0871. The number of rotatable bonds is 4. The van der Waals surface area contributed by atoms with Crippen molar-refractivity contribution in [2.45, 2.75) is 26.4 Å². The lowest BCUT2D eigenvalue weighted by Gasteiger charge is -2.22. The first-order valence-corrected chi connectivity index (χ1v) is 10.2. The molecule has 6 nitrogen and oxygen atoms in total. The van der Waals surface area contributed by atoms with Gasteiger partial charge in [-0.2, -0.15) is 0 Å². The maximum Gasteiger partial charge on any atom is 0.261 e. The van der Waals surface area contributed by atoms with Crippen molar-refractivity contribution in [1.29, 1.82) is 0 Å². The minimum atomic E-state index is -0.494. The molecule has 1 aliphatic heterocycles. The monoisotopic (exact) mass is 408 g/mol. The summed E-state index contributed by atoms with van der Waals surface area (Å²) in [6, 6.07) is 12.4. The molecule has 3 aromatic rings. The molecule has 1 aliphatic rings. The number of fused-ring (bicyclic) bond motifs is 1. The van der Waals surface area contributed by atoms with Crippen LogP contribution in [0.1, 0.15) is 17.5 Å². The molecule has 0 radical (unpaired) electrons. The Morgan fingerprint density at radius 3 is 2.67 bits per heavy atom. The zero-order chi connectivity index (χ0) is 21.1. The number of halogens is 1. The summed E-state index contributed by atoms with van der Waals surface area (Å²) in [5.41, 5.74) is 2.53. The lowest BCUT2D eigenvalue weighted by atomic mass is 10.1. The Balaban J connectivity index is 1.40. The van der Waals surface area contributed by atoms with Crippen molar-refractivity contribution < 1.29 is 9.18 Å². The second-order valence-electron chi connectivity index (χ2n) is 7.84. The van der Waals surface area contributed by atoms with Gasteiger partial charge in [0.15, 0.2) is 0 Å². The molecule has 156 valence electrons. The molecular weight excluding hydrogens is 383 g/mol. The number of amides is 1. The van der Waals surface area contributed by atoms with Gasteiger partial charge in [0.1, 0.15) is 12.4 Å². The van der Waals surface area contributed by atoms with Crippen molar-refractivity contribution in [3.8, 4) is 0 Å². The van der Waals surface area contributed by atoms with Crippen molar-refractivity contribution in [3.63, 3.8) is 0 Å². The van der Waals surface area contributed by atoms with Gasteiger partial charge in [0, 0.05) is 32.7 Å². The van der Waals surface area contributed by atoms with Crippen molar-refractivity contribution in [3.05, 3.63) is 76.1 Å². The van der Waals surface area contributed by atoms with E-state index in [0.29, 0.717) is 18.6 Å². The van der Waals surface area contributed by atoms with E-state index in [4.69, 9.17) is 0 Å². The fraction of sp³-hybridized carbons (Fsp3) is 0.348. The van der Waals surface area contributed by atoms with E-state index >= 15 is 0 Å². The van der Waals surface area contributed by atoms with Crippen LogP contribution in [-0.2, 0) is 17.9 Å². The normalized spacial score (nSPS) is 15.3. The summed E-state index contributed by atoms with van der Waals surface area (Å²) in [6.45, 7) is 5.84. The smallest absolute Gasteiger partial charge is 0.261 e. The Bertz CT molecular complexity index is 1110. The van der Waals surface area contributed by atoms with Crippen LogP contribution in [0.2, 0.25) is 0 Å². The van der Waals surface area contributed by atoms with Crippen LogP contribution in [0, 0.1) is 12.7 Å². The molecule has 0 N–H and O–H groups in total. The van der Waals surface area contributed by atoms with Crippen LogP contribution < -0.4 is 5.56 Å². The first kappa shape index (κ1) is 20.2. The number of benzene rings is 2. The van der Waals surface area contributed by atoms with E-state index in [1.165, 1.54) is 40.2 Å². The van der Waals surface area contributed by atoms with Gasteiger partial charge in [0.05, 0.1) is 17.2 Å². The Kier molecular flexibility index (Phi) is 5.90. The summed E-state index contributed by atoms with van der Waals surface area (Å²) >= 11 is 0. The van der Waals surface area contributed by atoms with Gasteiger partial charge >= 0.3 is 0 Å². The summed E-state index contributed by atoms with van der Waals surface area (Å²) in [7, 11) is 0. The summed E-state index contributed by atoms with van der Waals surface area (Å²) in [4.78, 5) is 33.8. The predicted octanol–water partition coefficient (Wildman–Crippen LogP) is 2.58. The lowest BCUT2D eigenvalue weighted by molar-refractivity contribution is -0.131. The molecule has 0 saturated carbocycles. The second kappa shape index (κ2) is 8.75. The highest BCUT2D eigenvalue weighted by molar-refractivity contribution is 5.79. The third-order valence-corrected chi connectivity index (χ3v) is 5.56. The summed E-state index contributed by atoms with van der Waals surface area (Å²) in [6.07, 6.45) is 2.25. The zero-order valence-corrected chi connectivity index (χ0v) is 17.1. The highest BCUT2D eigenvalue weighted by Crippen LogP contribution is 2.12. The van der Waals surface area contributed by atoms with Gasteiger partial charge in [-0.3, -0.25) is 19.1 Å². The number of carbonyl (C=O) groups excluding carboxylic acids is 1. The second-order valence-corrected chi connectivity index (χ2v) is 7.84. The molecule has 2 aromatic carbocycles. The highest BCUT2D eigenvalue weighted by atomic mass is 19.1. The molecule has 1 fully saturated rings. The van der Waals surface area contributed by atoms with Crippen LogP contribution in [-0.4, -0.2) is 51.4 Å². The van der Waals surface area contributed by atoms with Crippen LogP contribution in [0.5, 0.6) is 0 Å². The molecule has 7 heteroatoms. The number of hydrogen-bond donors (Lipinski definition) is 0. The van der Waals surface area contributed by atoms with E-state index in [2.05, 4.69) is 41.1 Å². The van der Waals surface area contributed by atoms with E-state index in [-0.39, 0.29) is 17.8 Å². The number of aromatic nitrogens is 2. The van der Waals surface area contributed by atoms with Crippen LogP contribution in [0.25, 0.3) is 10.9 Å². The average Bonchev–Trinajstić information content (AvgIpc) is 2.98. The summed E-state index contributed by atoms with van der Waals surface area (Å²) < 4.78 is 14.8. The van der Waals surface area contributed by atoms with Crippen LogP contribution in [0.3, 0.4) is 0 Å². The molecule has 1 saturated heterocycles. The SMILES string of the molecule is Cc1ccc(CN2CCCN(C(=O)Cn3cnc4ccc(F)cc4c3=O)CC2)cc1. The van der Waals surface area contributed by atoms with E-state index in [0.717, 1.165) is 26.1 Å². The molecule has 0 bridgehead atoms. The van der Waals surface area contributed by atoms with Crippen molar-refractivity contribution in [1.82, 2.24) is 19.4 Å². The largest absolute Gasteiger partial charge is 0.340 e. The van der Waals surface area contributed by atoms with Gasteiger partial charge in [-0.05, 0) is 37.1 Å². The van der Waals surface area contributed by atoms with Crippen molar-refractivity contribution >= 4 is 16.8 Å². The molecule has 1 amide bonds. The molecule has 1 aromatic heterocycles. The number of nitrogens with zero attached hydrogens (tertiary/aromatic N) is 4. The maximum absolute atomic E-state index is 13.5. The third kappa shape index (κ3) is 4.57. The molecule has 0 atom stereocenters. The van der Waals surface area contributed by atoms with Gasteiger partial charge in [-0.1, -0.05) is 29.8 Å². The molecule has 30 heavy (non-hydrogen) atoms. The van der Waals surface area contributed by atoms with E-state index in [1.807, 2.05) is 0 Å². The standard InChI is InChI=1S/C23H25FN4O2/c1-17-3-5-18(6-4-17)14-26-9-2-10-27(12-11-26)22(29)15-28-16-25-21-8-7-19(24)13-20(21)23(28)30/h3-8,13,16H,2,9-12,14-15H2,1H3. The Morgan fingerprint density at radius 1 is 1.07 bits per heavy atom. The van der Waals surface area contributed by atoms with Gasteiger partial charge in [-0.15, -0.1) is 0 Å². The van der Waals surface area contributed by atoms with E-state index in [9.17, 15) is 14.0 Å². The summed E-state index contributed by atoms with van der Waals surface area (Å²) in [5, 5.41) is 0.186. The molecule has 4 rings (SSSR count). The van der Waals surface area contributed by atoms with Gasteiger partial charge in [0.2, 0.25) is 5.91 Å². The maximum atomic E-state index is 13.5. The van der Waals surface area contributed by atoms with Crippen LogP contribution in [0.15, 0.2) is 53.6 Å². The molecule has 0 aliphatic carbocycles. The van der Waals surface area contributed by atoms with Gasteiger partial charge in [-0.25, -0.2) is 9.37 Å². The highest BCUT2D eigenvalue weighted by Gasteiger charge is 2.20. The molecule has 2 heterocycles. The predicted molar refractivity (Wildman–Crippen MR) is 114 cm³/mol. The summed E-state index contributed by atoms with van der Waals surface area (Å²) in [5.74, 6) is -0.612. The molecule has 0 unspecified atom stereocenters. The van der Waals surface area contributed by atoms with Crippen molar-refractivity contribution in [2.75, 3.05) is 26.2 Å². The Labute approximate surface area is 174 Å². The first-order valence-electron chi connectivity index (χ1n) is 10.2. The average molecular weight is 408 g/mol. The van der Waals surface area contributed by atoms with E-state index < -0.39 is 11.4 Å². The zero-order valence-electron chi connectivity index (χ0n) is 17.1. The topological polar surface area (TPSA) is 58.4 Å².